The fourth-order valence-corrected chi connectivity index (χ4v) is 1.99. The van der Waals surface area contributed by atoms with Crippen LogP contribution in [0.2, 0.25) is 0 Å². The molecular formula is C5H10NaO4S. The minimum Gasteiger partial charge on any atom is -0.372 e. The Balaban J connectivity index is 0.000001000. The van der Waals surface area contributed by atoms with Crippen molar-refractivity contribution in [1.82, 2.24) is 0 Å². The summed E-state index contributed by atoms with van der Waals surface area (Å²) in [5.74, 6) is 0. The first-order valence-corrected chi connectivity index (χ1v) is 4.59. The van der Waals surface area contributed by atoms with Gasteiger partial charge in [0.15, 0.2) is 4.93 Å². The summed E-state index contributed by atoms with van der Waals surface area (Å²) in [5, 5.41) is 9.19. The molecular weight excluding hydrogens is 179 g/mol. The number of aliphatic hydroxyl groups is 1. The van der Waals surface area contributed by atoms with E-state index < -0.39 is 15.1 Å². The zero-order valence-electron chi connectivity index (χ0n) is 6.45. The SMILES string of the molecule is O=S(=O)(O)C1(O)CCCC1.[Na]. The average molecular weight is 189 g/mol. The minimum absolute atomic E-state index is 0. The van der Waals surface area contributed by atoms with Crippen molar-refractivity contribution >= 4 is 39.7 Å². The summed E-state index contributed by atoms with van der Waals surface area (Å²) in [5.41, 5.74) is 0. The van der Waals surface area contributed by atoms with Crippen LogP contribution in [0.4, 0.5) is 0 Å². The molecule has 0 spiro atoms. The molecule has 0 atom stereocenters. The van der Waals surface area contributed by atoms with Gasteiger partial charge in [0, 0.05) is 29.6 Å². The predicted molar refractivity (Wildman–Crippen MR) is 40.7 cm³/mol. The van der Waals surface area contributed by atoms with Gasteiger partial charge in [0.2, 0.25) is 0 Å². The van der Waals surface area contributed by atoms with E-state index in [1.807, 2.05) is 0 Å². The van der Waals surface area contributed by atoms with Crippen LogP contribution in [0.25, 0.3) is 0 Å². The van der Waals surface area contributed by atoms with E-state index in [-0.39, 0.29) is 42.4 Å². The Bertz CT molecular complexity index is 217. The van der Waals surface area contributed by atoms with Crippen molar-refractivity contribution in [2.45, 2.75) is 30.6 Å². The molecule has 0 aliphatic heterocycles. The molecule has 0 aromatic rings. The maximum absolute atomic E-state index is 10.5. The Morgan fingerprint density at radius 1 is 1.18 bits per heavy atom. The summed E-state index contributed by atoms with van der Waals surface area (Å²) < 4.78 is 29.4. The fourth-order valence-electron chi connectivity index (χ4n) is 1.19. The largest absolute Gasteiger partial charge is 0.372 e. The molecule has 0 amide bonds. The molecule has 2 N–H and O–H groups in total. The fraction of sp³-hybridized carbons (Fsp3) is 1.00. The summed E-state index contributed by atoms with van der Waals surface area (Å²) in [4.78, 5) is -1.84. The second-order valence-corrected chi connectivity index (χ2v) is 4.34. The number of hydrogen-bond donors (Lipinski definition) is 2. The minimum atomic E-state index is -4.25. The van der Waals surface area contributed by atoms with Crippen LogP contribution in [0.15, 0.2) is 0 Å². The van der Waals surface area contributed by atoms with Crippen molar-refractivity contribution in [2.75, 3.05) is 0 Å². The summed E-state index contributed by atoms with van der Waals surface area (Å²) >= 11 is 0. The first-order chi connectivity index (χ1) is 4.46. The summed E-state index contributed by atoms with van der Waals surface area (Å²) in [7, 11) is -4.25. The normalized spacial score (nSPS) is 22.7. The van der Waals surface area contributed by atoms with E-state index in [9.17, 15) is 13.5 Å². The Labute approximate surface area is 88.0 Å². The third-order valence-electron chi connectivity index (χ3n) is 1.86. The monoisotopic (exact) mass is 189 g/mol. The maximum atomic E-state index is 10.5. The zero-order chi connectivity index (χ0) is 7.83. The van der Waals surface area contributed by atoms with E-state index in [2.05, 4.69) is 0 Å². The Morgan fingerprint density at radius 2 is 1.55 bits per heavy atom. The van der Waals surface area contributed by atoms with E-state index in [0.717, 1.165) is 0 Å². The van der Waals surface area contributed by atoms with Gasteiger partial charge in [-0.15, -0.1) is 0 Å². The molecule has 0 unspecified atom stereocenters. The second kappa shape index (κ2) is 3.72. The van der Waals surface area contributed by atoms with E-state index in [1.165, 1.54) is 0 Å². The standard InChI is InChI=1S/C5H10O4S.Na/c6-5(10(7,8)9)3-1-2-4-5;/h6H,1-4H2,(H,7,8,9);. The molecule has 1 aliphatic carbocycles. The third kappa shape index (κ3) is 2.40. The van der Waals surface area contributed by atoms with Gasteiger partial charge in [0.25, 0.3) is 10.1 Å². The van der Waals surface area contributed by atoms with Gasteiger partial charge in [0.1, 0.15) is 0 Å². The molecule has 1 aliphatic rings. The van der Waals surface area contributed by atoms with Gasteiger partial charge in [-0.1, -0.05) is 0 Å². The molecule has 0 heterocycles. The molecule has 1 radical (unpaired) electrons. The first-order valence-electron chi connectivity index (χ1n) is 3.15. The molecule has 0 aromatic carbocycles. The van der Waals surface area contributed by atoms with Crippen molar-refractivity contribution < 1.29 is 18.1 Å². The van der Waals surface area contributed by atoms with Gasteiger partial charge in [-0.3, -0.25) is 4.55 Å². The quantitative estimate of drug-likeness (QED) is 0.441. The van der Waals surface area contributed by atoms with Gasteiger partial charge in [-0.25, -0.2) is 0 Å². The first kappa shape index (κ1) is 11.9. The average Bonchev–Trinajstić information content (AvgIpc) is 2.13. The Kier molecular flexibility index (Phi) is 4.02. The van der Waals surface area contributed by atoms with Crippen LogP contribution in [-0.4, -0.2) is 52.6 Å². The molecule has 0 aromatic heterocycles. The molecule has 4 nitrogen and oxygen atoms in total. The van der Waals surface area contributed by atoms with Crippen molar-refractivity contribution in [3.8, 4) is 0 Å². The van der Waals surface area contributed by atoms with Gasteiger partial charge < -0.3 is 5.11 Å². The van der Waals surface area contributed by atoms with Gasteiger partial charge in [-0.05, 0) is 25.7 Å². The third-order valence-corrected chi connectivity index (χ3v) is 3.23. The summed E-state index contributed by atoms with van der Waals surface area (Å²) in [6.45, 7) is 0. The molecule has 1 fully saturated rings. The number of rotatable bonds is 1. The van der Waals surface area contributed by atoms with Crippen molar-refractivity contribution in [1.29, 1.82) is 0 Å². The second-order valence-electron chi connectivity index (χ2n) is 2.63. The molecule has 1 saturated carbocycles. The van der Waals surface area contributed by atoms with E-state index in [1.54, 1.807) is 0 Å². The van der Waals surface area contributed by atoms with E-state index in [0.29, 0.717) is 12.8 Å². The van der Waals surface area contributed by atoms with Crippen molar-refractivity contribution in [3.05, 3.63) is 0 Å². The van der Waals surface area contributed by atoms with Crippen LogP contribution in [0.5, 0.6) is 0 Å². The van der Waals surface area contributed by atoms with E-state index >= 15 is 0 Å². The Morgan fingerprint density at radius 3 is 1.73 bits per heavy atom. The summed E-state index contributed by atoms with van der Waals surface area (Å²) in [6, 6.07) is 0. The molecule has 61 valence electrons. The number of hydrogen-bond acceptors (Lipinski definition) is 3. The topological polar surface area (TPSA) is 74.6 Å². The van der Waals surface area contributed by atoms with Crippen LogP contribution in [0, 0.1) is 0 Å². The molecule has 0 saturated heterocycles. The molecule has 0 bridgehead atoms. The molecule has 6 heteroatoms. The molecule has 1 rings (SSSR count). The van der Waals surface area contributed by atoms with Crippen LogP contribution >= 0.6 is 0 Å². The van der Waals surface area contributed by atoms with Crippen LogP contribution < -0.4 is 0 Å². The van der Waals surface area contributed by atoms with Crippen LogP contribution in [0.1, 0.15) is 25.7 Å². The van der Waals surface area contributed by atoms with Crippen LogP contribution in [-0.2, 0) is 10.1 Å². The Hall–Kier alpha value is 0.870. The van der Waals surface area contributed by atoms with Gasteiger partial charge >= 0.3 is 0 Å². The summed E-state index contributed by atoms with van der Waals surface area (Å²) in [6.07, 6.45) is 1.64. The van der Waals surface area contributed by atoms with Crippen LogP contribution in [0.3, 0.4) is 0 Å². The van der Waals surface area contributed by atoms with Gasteiger partial charge in [0.05, 0.1) is 0 Å². The maximum Gasteiger partial charge on any atom is 0.294 e. The predicted octanol–water partition coefficient (Wildman–Crippen LogP) is -0.244. The van der Waals surface area contributed by atoms with Crippen molar-refractivity contribution in [2.24, 2.45) is 0 Å². The smallest absolute Gasteiger partial charge is 0.294 e. The van der Waals surface area contributed by atoms with Gasteiger partial charge in [-0.2, -0.15) is 8.42 Å². The zero-order valence-corrected chi connectivity index (χ0v) is 9.26. The molecule has 11 heavy (non-hydrogen) atoms. The van der Waals surface area contributed by atoms with E-state index in [4.69, 9.17) is 4.55 Å². The van der Waals surface area contributed by atoms with Crippen molar-refractivity contribution in [3.63, 3.8) is 0 Å².